The van der Waals surface area contributed by atoms with Gasteiger partial charge in [0.1, 0.15) is 11.8 Å². The Morgan fingerprint density at radius 3 is 1.60 bits per heavy atom. The van der Waals surface area contributed by atoms with Gasteiger partial charge >= 0.3 is 24.3 Å². The van der Waals surface area contributed by atoms with Crippen molar-refractivity contribution in [3.05, 3.63) is 29.8 Å². The molecule has 248 valence electrons. The van der Waals surface area contributed by atoms with Gasteiger partial charge in [-0.25, -0.2) is 9.59 Å². The maximum Gasteiger partial charge on any atom is 0.490 e. The first-order valence-electron chi connectivity index (χ1n) is 13.3. The lowest BCUT2D eigenvalue weighted by atomic mass is 10.0. The molecule has 17 heteroatoms. The number of benzene rings is 1. The Hall–Kier alpha value is -3.60. The fourth-order valence-corrected chi connectivity index (χ4v) is 3.09. The van der Waals surface area contributed by atoms with E-state index < -0.39 is 30.3 Å². The second-order valence-corrected chi connectivity index (χ2v) is 9.03. The van der Waals surface area contributed by atoms with E-state index in [-0.39, 0.29) is 17.6 Å². The molecule has 0 fully saturated rings. The molecule has 2 amide bonds. The topological polar surface area (TPSA) is 191 Å². The van der Waals surface area contributed by atoms with Gasteiger partial charge in [0, 0.05) is 19.9 Å². The van der Waals surface area contributed by atoms with Crippen molar-refractivity contribution in [2.24, 2.45) is 5.73 Å². The van der Waals surface area contributed by atoms with Gasteiger partial charge in [-0.1, -0.05) is 37.8 Å². The fraction of sp³-hybridized carbons (Fsp3) is 0.615. The molecule has 0 radical (unpaired) electrons. The zero-order valence-corrected chi connectivity index (χ0v) is 23.7. The van der Waals surface area contributed by atoms with Crippen molar-refractivity contribution in [3.8, 4) is 5.75 Å². The molecule has 1 rings (SSSR count). The average Bonchev–Trinajstić information content (AvgIpc) is 2.89. The number of hydrogen-bond donors (Lipinski definition) is 7. The predicted octanol–water partition coefficient (Wildman–Crippen LogP) is 3.10. The third-order valence-electron chi connectivity index (χ3n) is 5.19. The minimum Gasteiger partial charge on any atom is -0.508 e. The summed E-state index contributed by atoms with van der Waals surface area (Å²) in [4.78, 5) is 41.7. The van der Waals surface area contributed by atoms with Crippen LogP contribution < -0.4 is 21.7 Å². The van der Waals surface area contributed by atoms with Crippen LogP contribution in [0.25, 0.3) is 0 Å². The second-order valence-electron chi connectivity index (χ2n) is 9.03. The van der Waals surface area contributed by atoms with Gasteiger partial charge < -0.3 is 37.0 Å². The number of carbonyl (C=O) groups excluding carboxylic acids is 2. The summed E-state index contributed by atoms with van der Waals surface area (Å²) in [6.45, 7) is 4.83. The summed E-state index contributed by atoms with van der Waals surface area (Å²) in [5.41, 5.74) is 6.34. The van der Waals surface area contributed by atoms with Crippen molar-refractivity contribution < 1.29 is 60.8 Å². The smallest absolute Gasteiger partial charge is 0.490 e. The molecule has 0 spiro atoms. The summed E-state index contributed by atoms with van der Waals surface area (Å²) in [5, 5.41) is 32.6. The van der Waals surface area contributed by atoms with Crippen LogP contribution in [-0.4, -0.2) is 83.6 Å². The molecule has 0 saturated heterocycles. The highest BCUT2D eigenvalue weighted by molar-refractivity contribution is 5.87. The third-order valence-corrected chi connectivity index (χ3v) is 5.19. The molecular formula is C26H40F6N4O7. The predicted molar refractivity (Wildman–Crippen MR) is 144 cm³/mol. The van der Waals surface area contributed by atoms with E-state index in [9.17, 15) is 41.0 Å². The molecule has 1 aromatic carbocycles. The number of carbonyl (C=O) groups is 4. The number of carboxylic acid groups (broad SMARTS) is 2. The largest absolute Gasteiger partial charge is 0.508 e. The number of carboxylic acids is 2. The molecule has 1 aromatic rings. The van der Waals surface area contributed by atoms with Crippen LogP contribution in [0.15, 0.2) is 24.3 Å². The molecule has 0 aromatic heterocycles. The Kier molecular flexibility index (Phi) is 22.1. The highest BCUT2D eigenvalue weighted by Gasteiger charge is 2.38. The monoisotopic (exact) mass is 634 g/mol. The van der Waals surface area contributed by atoms with Crippen molar-refractivity contribution in [3.63, 3.8) is 0 Å². The van der Waals surface area contributed by atoms with E-state index in [1.165, 1.54) is 32.6 Å². The van der Waals surface area contributed by atoms with E-state index in [4.69, 9.17) is 25.5 Å². The van der Waals surface area contributed by atoms with Gasteiger partial charge in [0.15, 0.2) is 0 Å². The van der Waals surface area contributed by atoms with Crippen molar-refractivity contribution in [1.82, 2.24) is 16.0 Å². The molecule has 0 aliphatic carbocycles. The summed E-state index contributed by atoms with van der Waals surface area (Å²) in [6, 6.07) is 6.06. The van der Waals surface area contributed by atoms with Gasteiger partial charge in [-0.3, -0.25) is 9.59 Å². The van der Waals surface area contributed by atoms with Crippen molar-refractivity contribution in [2.75, 3.05) is 26.2 Å². The lowest BCUT2D eigenvalue weighted by Gasteiger charge is -2.18. The van der Waals surface area contributed by atoms with Crippen LogP contribution >= 0.6 is 0 Å². The van der Waals surface area contributed by atoms with Gasteiger partial charge in [0.25, 0.3) is 0 Å². The molecule has 0 aliphatic heterocycles. The van der Waals surface area contributed by atoms with E-state index in [1.807, 2.05) is 0 Å². The normalized spacial score (nSPS) is 11.6. The van der Waals surface area contributed by atoms with Crippen LogP contribution in [0.1, 0.15) is 57.4 Å². The maximum atomic E-state index is 12.4. The highest BCUT2D eigenvalue weighted by Crippen LogP contribution is 2.14. The van der Waals surface area contributed by atoms with Crippen molar-refractivity contribution in [1.29, 1.82) is 0 Å². The van der Waals surface area contributed by atoms with Crippen molar-refractivity contribution >= 4 is 23.8 Å². The molecule has 0 saturated carbocycles. The summed E-state index contributed by atoms with van der Waals surface area (Å²) in [6.07, 6.45) is -1.93. The van der Waals surface area contributed by atoms with Gasteiger partial charge in [-0.2, -0.15) is 26.3 Å². The number of amides is 2. The zero-order valence-electron chi connectivity index (χ0n) is 23.7. The summed E-state index contributed by atoms with van der Waals surface area (Å²) < 4.78 is 63.5. The molecule has 0 unspecified atom stereocenters. The number of nitrogens with one attached hydrogen (secondary N) is 3. The van der Waals surface area contributed by atoms with Crippen LogP contribution in [0.2, 0.25) is 0 Å². The number of alkyl halides is 6. The molecule has 0 aliphatic rings. The van der Waals surface area contributed by atoms with E-state index in [0.29, 0.717) is 13.0 Å². The van der Waals surface area contributed by atoms with Crippen LogP contribution in [-0.2, 0) is 25.6 Å². The SMILES string of the molecule is CC(=O)N[C@@H](Cc1ccc(O)cc1)C(=O)NCCCCCCCCNCCCN.O=C(O)C(F)(F)F.O=C(O)C(F)(F)F. The molecule has 1 atom stereocenters. The van der Waals surface area contributed by atoms with Gasteiger partial charge in [-0.15, -0.1) is 0 Å². The number of nitrogens with two attached hydrogens (primary N) is 1. The second kappa shape index (κ2) is 22.9. The average molecular weight is 635 g/mol. The summed E-state index contributed by atoms with van der Waals surface area (Å²) >= 11 is 0. The minimum atomic E-state index is -5.08. The van der Waals surface area contributed by atoms with Crippen LogP contribution in [0.3, 0.4) is 0 Å². The number of rotatable bonds is 16. The molecule has 0 bridgehead atoms. The van der Waals surface area contributed by atoms with Gasteiger partial charge in [-0.05, 0) is 56.6 Å². The van der Waals surface area contributed by atoms with E-state index >= 15 is 0 Å². The standard InChI is InChI=1S/C22H38N4O3.2C2HF3O2/c1-18(27)26-21(17-19-9-11-20(28)12-10-19)22(29)25-16-7-5-3-2-4-6-14-24-15-8-13-23;2*3-2(4,5)1(6)7/h9-12,21,24,28H,2-8,13-17,23H2,1H3,(H,25,29)(H,26,27);2*(H,6,7)/t21-;;/m0../s1. The Balaban J connectivity index is 0. The maximum absolute atomic E-state index is 12.4. The van der Waals surface area contributed by atoms with E-state index in [0.717, 1.165) is 44.5 Å². The third kappa shape index (κ3) is 25.8. The van der Waals surface area contributed by atoms with Crippen molar-refractivity contribution in [2.45, 2.75) is 76.7 Å². The van der Waals surface area contributed by atoms with E-state index in [1.54, 1.807) is 24.3 Å². The van der Waals surface area contributed by atoms with Crippen LogP contribution in [0.4, 0.5) is 26.3 Å². The zero-order chi connectivity index (χ0) is 33.5. The first-order chi connectivity index (χ1) is 19.9. The van der Waals surface area contributed by atoms with Gasteiger partial charge in [0.05, 0.1) is 0 Å². The highest BCUT2D eigenvalue weighted by atomic mass is 19.4. The lowest BCUT2D eigenvalue weighted by molar-refractivity contribution is -0.193. The molecule has 0 heterocycles. The Bertz CT molecular complexity index is 921. The number of hydrogen-bond acceptors (Lipinski definition) is 7. The molecule has 8 N–H and O–H groups in total. The number of phenolic OH excluding ortho intramolecular Hbond substituents is 1. The Morgan fingerprint density at radius 2 is 1.19 bits per heavy atom. The Labute approximate surface area is 245 Å². The van der Waals surface area contributed by atoms with Crippen LogP contribution in [0.5, 0.6) is 5.75 Å². The Morgan fingerprint density at radius 1 is 0.767 bits per heavy atom. The van der Waals surface area contributed by atoms with Gasteiger partial charge in [0.2, 0.25) is 11.8 Å². The first-order valence-corrected chi connectivity index (χ1v) is 13.3. The number of unbranched alkanes of at least 4 members (excludes halogenated alkanes) is 5. The quantitative estimate of drug-likeness (QED) is 0.106. The molecular weight excluding hydrogens is 594 g/mol. The number of aromatic hydroxyl groups is 1. The minimum absolute atomic E-state index is 0.170. The van der Waals surface area contributed by atoms with Crippen LogP contribution in [0, 0.1) is 0 Å². The van der Waals surface area contributed by atoms with E-state index in [2.05, 4.69) is 16.0 Å². The molecule has 43 heavy (non-hydrogen) atoms. The first kappa shape index (κ1) is 41.5. The number of halogens is 6. The lowest BCUT2D eigenvalue weighted by Crippen LogP contribution is -2.47. The number of phenols is 1. The summed E-state index contributed by atoms with van der Waals surface area (Å²) in [5.74, 6) is -5.74. The summed E-state index contributed by atoms with van der Waals surface area (Å²) in [7, 11) is 0. The fourth-order valence-electron chi connectivity index (χ4n) is 3.09. The molecule has 11 nitrogen and oxygen atoms in total. The number of aliphatic carboxylic acids is 2.